The van der Waals surface area contributed by atoms with Crippen LogP contribution < -0.4 is 5.56 Å². The monoisotopic (exact) mass is 400 g/mol. The maximum atomic E-state index is 13.4. The number of hydrogen-bond donors (Lipinski definition) is 0. The fourth-order valence-electron chi connectivity index (χ4n) is 4.66. The van der Waals surface area contributed by atoms with Crippen molar-refractivity contribution in [2.75, 3.05) is 0 Å². The van der Waals surface area contributed by atoms with Crippen molar-refractivity contribution < 1.29 is 9.53 Å². The zero-order chi connectivity index (χ0) is 20.5. The Bertz CT molecular complexity index is 1140. The molecule has 1 aliphatic carbocycles. The van der Waals surface area contributed by atoms with E-state index in [1.165, 1.54) is 5.56 Å². The van der Waals surface area contributed by atoms with Gasteiger partial charge in [-0.3, -0.25) is 9.78 Å². The summed E-state index contributed by atoms with van der Waals surface area (Å²) < 4.78 is 7.45. The molecule has 0 radical (unpaired) electrons. The SMILES string of the molecule is O=C(OC1CCCC1)c1cc(-c2ccccc2)c2n(c1=O)CCCc1ccncc1-2. The molecule has 1 aliphatic heterocycles. The van der Waals surface area contributed by atoms with Crippen molar-refractivity contribution in [3.63, 3.8) is 0 Å². The van der Waals surface area contributed by atoms with Crippen LogP contribution in [0.15, 0.2) is 59.7 Å². The molecule has 5 rings (SSSR count). The first-order valence-corrected chi connectivity index (χ1v) is 10.7. The van der Waals surface area contributed by atoms with E-state index in [1.54, 1.807) is 16.8 Å². The van der Waals surface area contributed by atoms with Crippen LogP contribution in [0.25, 0.3) is 22.4 Å². The highest BCUT2D eigenvalue weighted by atomic mass is 16.5. The predicted molar refractivity (Wildman–Crippen MR) is 115 cm³/mol. The van der Waals surface area contributed by atoms with E-state index >= 15 is 0 Å². The smallest absolute Gasteiger partial charge is 0.344 e. The van der Waals surface area contributed by atoms with Gasteiger partial charge in [0, 0.05) is 30.1 Å². The zero-order valence-electron chi connectivity index (χ0n) is 16.8. The highest BCUT2D eigenvalue weighted by molar-refractivity contribution is 5.93. The van der Waals surface area contributed by atoms with Gasteiger partial charge in [-0.1, -0.05) is 30.3 Å². The number of fused-ring (bicyclic) bond motifs is 3. The van der Waals surface area contributed by atoms with Crippen molar-refractivity contribution in [2.24, 2.45) is 0 Å². The molecule has 1 fully saturated rings. The minimum Gasteiger partial charge on any atom is -0.459 e. The highest BCUT2D eigenvalue weighted by Gasteiger charge is 2.27. The van der Waals surface area contributed by atoms with Gasteiger partial charge in [0.15, 0.2) is 0 Å². The topological polar surface area (TPSA) is 61.2 Å². The molecule has 0 amide bonds. The number of hydrogen-bond acceptors (Lipinski definition) is 4. The second-order valence-electron chi connectivity index (χ2n) is 8.09. The number of benzene rings is 1. The normalized spacial score (nSPS) is 15.9. The van der Waals surface area contributed by atoms with E-state index in [9.17, 15) is 9.59 Å². The van der Waals surface area contributed by atoms with E-state index in [-0.39, 0.29) is 17.2 Å². The van der Waals surface area contributed by atoms with Crippen molar-refractivity contribution in [1.29, 1.82) is 0 Å². The molecule has 0 N–H and O–H groups in total. The van der Waals surface area contributed by atoms with Crippen LogP contribution >= 0.6 is 0 Å². The Labute approximate surface area is 175 Å². The summed E-state index contributed by atoms with van der Waals surface area (Å²) in [6.45, 7) is 0.563. The number of carbonyl (C=O) groups is 1. The fraction of sp³-hybridized carbons (Fsp3) is 0.320. The predicted octanol–water partition coefficient (Wildman–Crippen LogP) is 4.62. The number of esters is 1. The molecule has 1 aromatic carbocycles. The van der Waals surface area contributed by atoms with Crippen LogP contribution in [0.3, 0.4) is 0 Å². The molecule has 5 heteroatoms. The van der Waals surface area contributed by atoms with E-state index in [0.29, 0.717) is 6.54 Å². The minimum atomic E-state index is -0.505. The Morgan fingerprint density at radius 2 is 1.83 bits per heavy atom. The Morgan fingerprint density at radius 3 is 2.63 bits per heavy atom. The van der Waals surface area contributed by atoms with E-state index in [0.717, 1.165) is 60.9 Å². The number of carbonyl (C=O) groups excluding carboxylic acids is 1. The molecule has 30 heavy (non-hydrogen) atoms. The van der Waals surface area contributed by atoms with Gasteiger partial charge in [0.2, 0.25) is 0 Å². The summed E-state index contributed by atoms with van der Waals surface area (Å²) in [5, 5.41) is 0. The molecular formula is C25H24N2O3. The molecule has 3 heterocycles. The molecule has 0 unspecified atom stereocenters. The average molecular weight is 400 g/mol. The molecule has 3 aromatic rings. The maximum Gasteiger partial charge on any atom is 0.344 e. The standard InChI is InChI=1S/C25H24N2O3/c28-24-21(25(29)30-19-10-4-5-11-19)15-20(17-7-2-1-3-8-17)23-22-16-26-13-12-18(22)9-6-14-27(23)24/h1-3,7-8,12-13,15-16,19H,4-6,9-11,14H2. The van der Waals surface area contributed by atoms with Gasteiger partial charge in [0.1, 0.15) is 11.7 Å². The number of aryl methyl sites for hydroxylation is 1. The number of pyridine rings is 2. The molecule has 5 nitrogen and oxygen atoms in total. The lowest BCUT2D eigenvalue weighted by atomic mass is 9.95. The maximum absolute atomic E-state index is 13.4. The quantitative estimate of drug-likeness (QED) is 0.602. The van der Waals surface area contributed by atoms with Crippen LogP contribution in [0.1, 0.15) is 48.0 Å². The Kier molecular flexibility index (Phi) is 4.95. The van der Waals surface area contributed by atoms with Gasteiger partial charge in [0.25, 0.3) is 5.56 Å². The molecule has 0 atom stereocenters. The van der Waals surface area contributed by atoms with Gasteiger partial charge in [0.05, 0.1) is 5.69 Å². The number of nitrogens with zero attached hydrogens (tertiary/aromatic N) is 2. The number of ether oxygens (including phenoxy) is 1. The van der Waals surface area contributed by atoms with Crippen LogP contribution in [0.2, 0.25) is 0 Å². The molecule has 152 valence electrons. The van der Waals surface area contributed by atoms with E-state index in [4.69, 9.17) is 4.74 Å². The summed E-state index contributed by atoms with van der Waals surface area (Å²) >= 11 is 0. The van der Waals surface area contributed by atoms with Crippen molar-refractivity contribution in [1.82, 2.24) is 9.55 Å². The van der Waals surface area contributed by atoms with E-state index in [1.807, 2.05) is 42.6 Å². The average Bonchev–Trinajstić information content (AvgIpc) is 3.20. The zero-order valence-corrected chi connectivity index (χ0v) is 16.8. The van der Waals surface area contributed by atoms with Gasteiger partial charge in [-0.15, -0.1) is 0 Å². The third-order valence-corrected chi connectivity index (χ3v) is 6.16. The Balaban J connectivity index is 1.72. The van der Waals surface area contributed by atoms with Crippen LogP contribution in [0.5, 0.6) is 0 Å². The third-order valence-electron chi connectivity index (χ3n) is 6.16. The van der Waals surface area contributed by atoms with Gasteiger partial charge in [-0.05, 0) is 61.8 Å². The van der Waals surface area contributed by atoms with Gasteiger partial charge in [-0.25, -0.2) is 4.79 Å². The van der Waals surface area contributed by atoms with Crippen molar-refractivity contribution in [3.8, 4) is 22.4 Å². The van der Waals surface area contributed by atoms with Gasteiger partial charge < -0.3 is 9.30 Å². The summed E-state index contributed by atoms with van der Waals surface area (Å²) in [6.07, 6.45) is 9.14. The summed E-state index contributed by atoms with van der Waals surface area (Å²) in [7, 11) is 0. The molecule has 2 aromatic heterocycles. The van der Waals surface area contributed by atoms with Crippen LogP contribution in [-0.4, -0.2) is 21.6 Å². The highest BCUT2D eigenvalue weighted by Crippen LogP contribution is 2.36. The fourth-order valence-corrected chi connectivity index (χ4v) is 4.66. The first kappa shape index (κ1) is 18.8. The lowest BCUT2D eigenvalue weighted by molar-refractivity contribution is 0.0315. The minimum absolute atomic E-state index is 0.0780. The lowest BCUT2D eigenvalue weighted by Crippen LogP contribution is -2.30. The Hall–Kier alpha value is -3.21. The number of rotatable bonds is 3. The van der Waals surface area contributed by atoms with Crippen LogP contribution in [-0.2, 0) is 17.7 Å². The third kappa shape index (κ3) is 3.34. The van der Waals surface area contributed by atoms with Crippen molar-refractivity contribution >= 4 is 5.97 Å². The van der Waals surface area contributed by atoms with Gasteiger partial charge in [-0.2, -0.15) is 0 Å². The van der Waals surface area contributed by atoms with Crippen LogP contribution in [0, 0.1) is 0 Å². The summed E-state index contributed by atoms with van der Waals surface area (Å²) in [5.41, 5.74) is 4.65. The molecule has 0 saturated heterocycles. The second kappa shape index (κ2) is 7.90. The molecule has 2 aliphatic rings. The molecular weight excluding hydrogens is 376 g/mol. The second-order valence-corrected chi connectivity index (χ2v) is 8.09. The number of aromatic nitrogens is 2. The molecule has 0 spiro atoms. The van der Waals surface area contributed by atoms with Crippen LogP contribution in [0.4, 0.5) is 0 Å². The van der Waals surface area contributed by atoms with Gasteiger partial charge >= 0.3 is 5.97 Å². The first-order valence-electron chi connectivity index (χ1n) is 10.7. The summed E-state index contributed by atoms with van der Waals surface area (Å²) in [6, 6.07) is 13.7. The largest absolute Gasteiger partial charge is 0.459 e. The van der Waals surface area contributed by atoms with E-state index in [2.05, 4.69) is 4.98 Å². The van der Waals surface area contributed by atoms with Crippen molar-refractivity contribution in [3.05, 3.63) is 76.3 Å². The summed E-state index contributed by atoms with van der Waals surface area (Å²) in [5.74, 6) is -0.505. The molecule has 1 saturated carbocycles. The molecule has 0 bridgehead atoms. The van der Waals surface area contributed by atoms with E-state index < -0.39 is 5.97 Å². The Morgan fingerprint density at radius 1 is 1.03 bits per heavy atom. The lowest BCUT2D eigenvalue weighted by Gasteiger charge is -2.19. The first-order chi connectivity index (χ1) is 14.7. The summed E-state index contributed by atoms with van der Waals surface area (Å²) in [4.78, 5) is 30.7. The van der Waals surface area contributed by atoms with Crippen molar-refractivity contribution in [2.45, 2.75) is 51.2 Å².